The van der Waals surface area contributed by atoms with Crippen molar-refractivity contribution in [2.75, 3.05) is 13.7 Å². The molecule has 0 radical (unpaired) electrons. The second-order valence-electron chi connectivity index (χ2n) is 14.8. The highest BCUT2D eigenvalue weighted by Gasteiger charge is 2.60. The Morgan fingerprint density at radius 1 is 1.06 bits per heavy atom. The summed E-state index contributed by atoms with van der Waals surface area (Å²) in [5, 5.41) is 27.3. The Morgan fingerprint density at radius 2 is 1.82 bits per heavy atom. The molecule has 276 valence electrons. The zero-order valence-corrected chi connectivity index (χ0v) is 30.3. The lowest BCUT2D eigenvalue weighted by molar-refractivity contribution is -0.332. The van der Waals surface area contributed by atoms with Gasteiger partial charge in [0.15, 0.2) is 11.5 Å². The number of rotatable bonds is 4. The van der Waals surface area contributed by atoms with Gasteiger partial charge in [0.1, 0.15) is 43.0 Å². The van der Waals surface area contributed by atoms with E-state index in [9.17, 15) is 19.8 Å². The normalized spacial score (nSPS) is 41.6. The van der Waals surface area contributed by atoms with Gasteiger partial charge in [0.2, 0.25) is 0 Å². The molecule has 1 aromatic carbocycles. The highest BCUT2D eigenvalue weighted by atomic mass is 16.7. The lowest BCUT2D eigenvalue weighted by atomic mass is 9.71. The Labute approximate surface area is 299 Å². The molecule has 0 amide bonds. The van der Waals surface area contributed by atoms with Crippen molar-refractivity contribution in [2.45, 2.75) is 115 Å². The summed E-state index contributed by atoms with van der Waals surface area (Å²) >= 11 is 0. The molecule has 1 spiro atoms. The van der Waals surface area contributed by atoms with Crippen molar-refractivity contribution >= 4 is 17.7 Å². The molecule has 1 aromatic rings. The minimum atomic E-state index is -1.84. The number of nitrogens with zero attached hydrogens (tertiary/aromatic N) is 1. The summed E-state index contributed by atoms with van der Waals surface area (Å²) in [5.74, 6) is -3.26. The minimum absolute atomic E-state index is 0.0134. The zero-order valence-electron chi connectivity index (χ0n) is 30.3. The summed E-state index contributed by atoms with van der Waals surface area (Å²) in [4.78, 5) is 32.8. The van der Waals surface area contributed by atoms with E-state index < -0.39 is 53.7 Å². The van der Waals surface area contributed by atoms with E-state index in [2.05, 4.69) is 12.1 Å². The van der Waals surface area contributed by atoms with Gasteiger partial charge >= 0.3 is 11.9 Å². The first-order valence-electron chi connectivity index (χ1n) is 18.0. The van der Waals surface area contributed by atoms with Crippen LogP contribution in [0.15, 0.2) is 82.6 Å². The van der Waals surface area contributed by atoms with E-state index in [-0.39, 0.29) is 30.4 Å². The largest absolute Gasteiger partial charge is 0.462 e. The number of benzene rings is 1. The molecule has 11 nitrogen and oxygen atoms in total. The molecule has 1 aliphatic carbocycles. The number of carbonyl (C=O) groups excluding carboxylic acids is 2. The molecular formula is C40H51NO10. The minimum Gasteiger partial charge on any atom is -0.462 e. The number of hydrogen-bond donors (Lipinski definition) is 2. The summed E-state index contributed by atoms with van der Waals surface area (Å²) in [6, 6.07) is 8.99. The van der Waals surface area contributed by atoms with Crippen LogP contribution < -0.4 is 0 Å². The first-order valence-corrected chi connectivity index (χ1v) is 18.0. The Balaban J connectivity index is 1.39. The number of ether oxygens (including phenoxy) is 5. The number of aliphatic hydroxyl groups is 2. The van der Waals surface area contributed by atoms with Gasteiger partial charge in [0, 0.05) is 30.7 Å². The number of fused-ring (bicyclic) bond motifs is 2. The van der Waals surface area contributed by atoms with E-state index in [1.165, 1.54) is 7.11 Å². The maximum atomic E-state index is 14.1. The predicted octanol–water partition coefficient (Wildman–Crippen LogP) is 5.11. The van der Waals surface area contributed by atoms with Crippen LogP contribution in [0.1, 0.15) is 72.3 Å². The van der Waals surface area contributed by atoms with Crippen molar-refractivity contribution < 1.29 is 48.3 Å². The van der Waals surface area contributed by atoms with Gasteiger partial charge in [-0.1, -0.05) is 79.7 Å². The quantitative estimate of drug-likeness (QED) is 0.188. The van der Waals surface area contributed by atoms with Gasteiger partial charge in [0.25, 0.3) is 0 Å². The monoisotopic (exact) mass is 705 g/mol. The van der Waals surface area contributed by atoms with Crippen LogP contribution in [0, 0.1) is 17.8 Å². The van der Waals surface area contributed by atoms with Crippen molar-refractivity contribution in [1.82, 2.24) is 0 Å². The molecule has 2 bridgehead atoms. The predicted molar refractivity (Wildman–Crippen MR) is 188 cm³/mol. The van der Waals surface area contributed by atoms with Gasteiger partial charge in [-0.2, -0.15) is 0 Å². The second-order valence-corrected chi connectivity index (χ2v) is 14.8. The Kier molecular flexibility index (Phi) is 11.0. The number of hydrogen-bond acceptors (Lipinski definition) is 11. The van der Waals surface area contributed by atoms with E-state index in [1.54, 1.807) is 49.4 Å². The number of oxime groups is 1. The maximum absolute atomic E-state index is 14.1. The van der Waals surface area contributed by atoms with Crippen LogP contribution >= 0.6 is 0 Å². The Morgan fingerprint density at radius 3 is 2.55 bits per heavy atom. The number of allylic oxidation sites excluding steroid dienone is 2. The SMILES string of the molecule is CO/N=C(\C(=O)O[C@H]1/C(C)=C/C[C@@H]2C[C@@H](C[C@]3(CC[C@H](C)[C@@H](C)O3)O2)OC(=O)[C@@H]2C=C(C)[C@@H](O)[C@H]3OC/C(=C\C=C\[C@@H]1C)[C@]32O)c1ccccc1. The lowest BCUT2D eigenvalue weighted by Gasteiger charge is -2.49. The van der Waals surface area contributed by atoms with Crippen LogP contribution in [-0.4, -0.2) is 89.6 Å². The molecule has 51 heavy (non-hydrogen) atoms. The summed E-state index contributed by atoms with van der Waals surface area (Å²) in [7, 11) is 1.38. The molecule has 11 heteroatoms. The standard InChI is InChI=1S/C40H51NO10/c1-23-17-18-39(50-27(23)5)21-31-20-30(51-39)16-15-25(3)35(49-38(44)33(41-46-6)28-12-8-7-9-13-28)24(2)11-10-14-29-22-47-36-34(42)26(4)19-32(37(43)48-31)40(29,36)45/h7-15,19,23-24,27,30-32,34-36,42,45H,16-18,20-22H2,1-6H3/b11-10+,25-15+,29-14+,41-33-/t23-,24-,27+,30+,31-,32-,34+,35+,36+,39-,40+/m0/s1. The third-order valence-corrected chi connectivity index (χ3v) is 11.2. The Bertz CT molecular complexity index is 1620. The van der Waals surface area contributed by atoms with Gasteiger partial charge < -0.3 is 38.7 Å². The van der Waals surface area contributed by atoms with E-state index in [0.29, 0.717) is 48.3 Å². The summed E-state index contributed by atoms with van der Waals surface area (Å²) < 4.78 is 31.7. The number of esters is 2. The number of carbonyl (C=O) groups is 2. The molecule has 0 aromatic heterocycles. The second kappa shape index (κ2) is 15.2. The van der Waals surface area contributed by atoms with Crippen molar-refractivity contribution in [2.24, 2.45) is 22.9 Å². The summed E-state index contributed by atoms with van der Waals surface area (Å²) in [6.07, 6.45) is 7.89. The van der Waals surface area contributed by atoms with Crippen LogP contribution in [0.5, 0.6) is 0 Å². The molecule has 4 aliphatic heterocycles. The van der Waals surface area contributed by atoms with Crippen LogP contribution in [0.25, 0.3) is 0 Å². The topological polar surface area (TPSA) is 142 Å². The molecule has 11 atom stereocenters. The fourth-order valence-corrected chi connectivity index (χ4v) is 8.06. The first kappa shape index (κ1) is 37.2. The van der Waals surface area contributed by atoms with E-state index in [4.69, 9.17) is 28.5 Å². The third-order valence-electron chi connectivity index (χ3n) is 11.2. The molecule has 0 unspecified atom stereocenters. The Hall–Kier alpha value is -3.61. The van der Waals surface area contributed by atoms with Crippen LogP contribution in [-0.2, 0) is 38.1 Å². The molecule has 2 N–H and O–H groups in total. The van der Waals surface area contributed by atoms with Crippen LogP contribution in [0.2, 0.25) is 0 Å². The maximum Gasteiger partial charge on any atom is 0.361 e. The summed E-state index contributed by atoms with van der Waals surface area (Å²) in [5.41, 5.74) is 0.527. The van der Waals surface area contributed by atoms with Crippen molar-refractivity contribution in [1.29, 1.82) is 0 Å². The smallest absolute Gasteiger partial charge is 0.361 e. The molecule has 3 fully saturated rings. The molecular weight excluding hydrogens is 654 g/mol. The summed E-state index contributed by atoms with van der Waals surface area (Å²) in [6.45, 7) is 9.77. The van der Waals surface area contributed by atoms with Gasteiger partial charge in [-0.25, -0.2) is 4.79 Å². The third kappa shape index (κ3) is 7.50. The van der Waals surface area contributed by atoms with E-state index in [1.807, 2.05) is 39.0 Å². The number of aliphatic hydroxyl groups excluding tert-OH is 1. The average molecular weight is 706 g/mol. The van der Waals surface area contributed by atoms with Gasteiger partial charge in [-0.15, -0.1) is 0 Å². The average Bonchev–Trinajstić information content (AvgIpc) is 3.44. The molecule has 0 saturated carbocycles. The molecule has 4 heterocycles. The molecule has 6 rings (SSSR count). The van der Waals surface area contributed by atoms with E-state index in [0.717, 1.165) is 12.0 Å². The molecule has 5 aliphatic rings. The molecule has 3 saturated heterocycles. The van der Waals surface area contributed by atoms with Crippen molar-refractivity contribution in [3.8, 4) is 0 Å². The van der Waals surface area contributed by atoms with Crippen molar-refractivity contribution in [3.05, 3.63) is 83.0 Å². The first-order chi connectivity index (χ1) is 24.3. The van der Waals surface area contributed by atoms with E-state index >= 15 is 0 Å². The fourth-order valence-electron chi connectivity index (χ4n) is 8.06. The van der Waals surface area contributed by atoms with Gasteiger partial charge in [0.05, 0.1) is 18.8 Å². The van der Waals surface area contributed by atoms with Crippen LogP contribution in [0.3, 0.4) is 0 Å². The fraction of sp³-hybridized carbons (Fsp3) is 0.575. The van der Waals surface area contributed by atoms with Crippen LogP contribution in [0.4, 0.5) is 0 Å². The highest BCUT2D eigenvalue weighted by molar-refractivity contribution is 6.43. The van der Waals surface area contributed by atoms with Crippen molar-refractivity contribution in [3.63, 3.8) is 0 Å². The highest BCUT2D eigenvalue weighted by Crippen LogP contribution is 2.47. The van der Waals surface area contributed by atoms with Gasteiger partial charge in [-0.05, 0) is 56.3 Å². The lowest BCUT2D eigenvalue weighted by Crippen LogP contribution is -2.58. The zero-order chi connectivity index (χ0) is 36.5. The van der Waals surface area contributed by atoms with Gasteiger partial charge in [-0.3, -0.25) is 4.79 Å².